The maximum absolute atomic E-state index is 10.8. The number of phenolic OH excluding ortho intramolecular Hbond substituents is 4. The minimum atomic E-state index is -0.357. The van der Waals surface area contributed by atoms with Crippen LogP contribution in [0.5, 0.6) is 46.0 Å². The summed E-state index contributed by atoms with van der Waals surface area (Å²) in [5.74, 6) is 0.960. The SMILES string of the molecule is CCOc1ccc(C(c2ccc(C(c3ccc(OCC)c(O)c3)c3ccc(OCC)c(O)c3)cc2)c2ccc(OCC)c(O)c2)cc1O. The molecule has 5 rings (SSSR count). The summed E-state index contributed by atoms with van der Waals surface area (Å²) in [5, 5.41) is 43.2. The molecule has 0 aliphatic rings. The Morgan fingerprint density at radius 1 is 0.354 bits per heavy atom. The van der Waals surface area contributed by atoms with Crippen LogP contribution < -0.4 is 18.9 Å². The van der Waals surface area contributed by atoms with Gasteiger partial charge in [0.2, 0.25) is 0 Å². The number of benzene rings is 5. The molecule has 48 heavy (non-hydrogen) atoms. The van der Waals surface area contributed by atoms with Gasteiger partial charge in [0.05, 0.1) is 26.4 Å². The highest BCUT2D eigenvalue weighted by Crippen LogP contribution is 2.42. The van der Waals surface area contributed by atoms with Gasteiger partial charge in [-0.3, -0.25) is 0 Å². The fourth-order valence-corrected chi connectivity index (χ4v) is 6.00. The van der Waals surface area contributed by atoms with E-state index >= 15 is 0 Å². The first-order chi connectivity index (χ1) is 23.3. The maximum atomic E-state index is 10.8. The molecule has 0 saturated carbocycles. The van der Waals surface area contributed by atoms with E-state index in [1.807, 2.05) is 76.2 Å². The Bertz CT molecular complexity index is 1590. The lowest BCUT2D eigenvalue weighted by atomic mass is 9.81. The predicted molar refractivity (Wildman–Crippen MR) is 185 cm³/mol. The first-order valence-electron chi connectivity index (χ1n) is 16.2. The molecule has 0 spiro atoms. The quantitative estimate of drug-likeness (QED) is 0.0885. The van der Waals surface area contributed by atoms with Crippen molar-refractivity contribution in [3.05, 3.63) is 130 Å². The molecule has 4 N–H and O–H groups in total. The summed E-state index contributed by atoms with van der Waals surface area (Å²) in [7, 11) is 0. The van der Waals surface area contributed by atoms with E-state index in [0.717, 1.165) is 33.4 Å². The molecule has 250 valence electrons. The molecule has 0 aliphatic heterocycles. The maximum Gasteiger partial charge on any atom is 0.160 e. The first-order valence-corrected chi connectivity index (χ1v) is 16.2. The standard InChI is InChI=1S/C40H42O8/c1-5-45-35-17-13-27(21-31(35)41)39(28-14-18-36(46-6-2)32(42)22-28)25-9-11-26(12-10-25)40(29-15-19-37(47-7-3)33(43)23-29)30-16-20-38(48-8-4)34(44)24-30/h9-24,39-44H,5-8H2,1-4H3. The molecule has 0 saturated heterocycles. The van der Waals surface area contributed by atoms with Gasteiger partial charge in [-0.2, -0.15) is 0 Å². The summed E-state index contributed by atoms with van der Waals surface area (Å²) in [5.41, 5.74) is 5.03. The summed E-state index contributed by atoms with van der Waals surface area (Å²) >= 11 is 0. The molecular weight excluding hydrogens is 608 g/mol. The highest BCUT2D eigenvalue weighted by atomic mass is 16.5. The average Bonchev–Trinajstić information content (AvgIpc) is 3.07. The number of hydrogen-bond acceptors (Lipinski definition) is 8. The van der Waals surface area contributed by atoms with Crippen LogP contribution >= 0.6 is 0 Å². The van der Waals surface area contributed by atoms with Crippen LogP contribution in [0.1, 0.15) is 72.9 Å². The van der Waals surface area contributed by atoms with Crippen LogP contribution in [0.15, 0.2) is 97.1 Å². The van der Waals surface area contributed by atoms with Gasteiger partial charge in [-0.1, -0.05) is 48.5 Å². The Labute approximate surface area is 281 Å². The third kappa shape index (κ3) is 7.39. The summed E-state index contributed by atoms with van der Waals surface area (Å²) in [6.45, 7) is 9.12. The first kappa shape index (κ1) is 33.9. The normalized spacial score (nSPS) is 11.1. The van der Waals surface area contributed by atoms with Crippen molar-refractivity contribution in [1.82, 2.24) is 0 Å². The minimum Gasteiger partial charge on any atom is -0.504 e. The molecule has 5 aromatic rings. The molecule has 0 aromatic heterocycles. The second kappa shape index (κ2) is 15.4. The lowest BCUT2D eigenvalue weighted by Gasteiger charge is -2.23. The van der Waals surface area contributed by atoms with Crippen LogP contribution in [0, 0.1) is 0 Å². The summed E-state index contributed by atoms with van der Waals surface area (Å²) in [6.07, 6.45) is 0. The van der Waals surface area contributed by atoms with Crippen molar-refractivity contribution in [2.45, 2.75) is 39.5 Å². The van der Waals surface area contributed by atoms with Crippen molar-refractivity contribution >= 4 is 0 Å². The smallest absolute Gasteiger partial charge is 0.160 e. The minimum absolute atomic E-state index is 0.0248. The Balaban J connectivity index is 1.61. The van der Waals surface area contributed by atoms with E-state index in [2.05, 4.69) is 0 Å². The second-order valence-electron chi connectivity index (χ2n) is 11.2. The Morgan fingerprint density at radius 3 is 0.750 bits per heavy atom. The van der Waals surface area contributed by atoms with E-state index < -0.39 is 0 Å². The van der Waals surface area contributed by atoms with E-state index in [1.54, 1.807) is 48.5 Å². The van der Waals surface area contributed by atoms with Gasteiger partial charge in [0.15, 0.2) is 46.0 Å². The predicted octanol–water partition coefficient (Wildman–Crippen LogP) is 8.46. The molecule has 0 unspecified atom stereocenters. The molecule has 0 amide bonds. The second-order valence-corrected chi connectivity index (χ2v) is 11.2. The van der Waals surface area contributed by atoms with Crippen LogP contribution in [0.25, 0.3) is 0 Å². The van der Waals surface area contributed by atoms with Gasteiger partial charge in [0, 0.05) is 11.8 Å². The van der Waals surface area contributed by atoms with E-state index in [0.29, 0.717) is 49.4 Å². The van der Waals surface area contributed by atoms with E-state index in [-0.39, 0.29) is 34.8 Å². The van der Waals surface area contributed by atoms with Crippen molar-refractivity contribution in [1.29, 1.82) is 0 Å². The lowest BCUT2D eigenvalue weighted by Crippen LogP contribution is -2.07. The van der Waals surface area contributed by atoms with Gasteiger partial charge in [0.25, 0.3) is 0 Å². The Hall–Kier alpha value is -5.50. The molecule has 0 aliphatic carbocycles. The lowest BCUT2D eigenvalue weighted by molar-refractivity contribution is 0.317. The number of hydrogen-bond donors (Lipinski definition) is 4. The molecule has 0 radical (unpaired) electrons. The number of ether oxygens (including phenoxy) is 4. The molecule has 5 aromatic carbocycles. The third-order valence-corrected chi connectivity index (χ3v) is 8.07. The highest BCUT2D eigenvalue weighted by molar-refractivity contribution is 5.56. The molecular formula is C40H42O8. The number of aromatic hydroxyl groups is 4. The van der Waals surface area contributed by atoms with Gasteiger partial charge in [-0.25, -0.2) is 0 Å². The van der Waals surface area contributed by atoms with Gasteiger partial charge in [-0.05, 0) is 110 Å². The zero-order valence-corrected chi connectivity index (χ0v) is 27.6. The monoisotopic (exact) mass is 650 g/mol. The highest BCUT2D eigenvalue weighted by Gasteiger charge is 2.24. The zero-order chi connectivity index (χ0) is 34.2. The summed E-state index contributed by atoms with van der Waals surface area (Å²) in [6, 6.07) is 29.4. The fraction of sp³-hybridized carbons (Fsp3) is 0.250. The van der Waals surface area contributed by atoms with Crippen molar-refractivity contribution in [3.63, 3.8) is 0 Å². The van der Waals surface area contributed by atoms with Crippen molar-refractivity contribution in [2.24, 2.45) is 0 Å². The third-order valence-electron chi connectivity index (χ3n) is 8.07. The van der Waals surface area contributed by atoms with Gasteiger partial charge < -0.3 is 39.4 Å². The largest absolute Gasteiger partial charge is 0.504 e. The van der Waals surface area contributed by atoms with E-state index in [9.17, 15) is 20.4 Å². The van der Waals surface area contributed by atoms with Crippen LogP contribution in [0.4, 0.5) is 0 Å². The summed E-state index contributed by atoms with van der Waals surface area (Å²) in [4.78, 5) is 0. The van der Waals surface area contributed by atoms with E-state index in [4.69, 9.17) is 18.9 Å². The van der Waals surface area contributed by atoms with Crippen LogP contribution in [0.2, 0.25) is 0 Å². The van der Waals surface area contributed by atoms with Crippen molar-refractivity contribution in [3.8, 4) is 46.0 Å². The number of phenols is 4. The molecule has 0 bridgehead atoms. The Kier molecular flexibility index (Phi) is 10.9. The van der Waals surface area contributed by atoms with Crippen molar-refractivity contribution in [2.75, 3.05) is 26.4 Å². The summed E-state index contributed by atoms with van der Waals surface area (Å²) < 4.78 is 22.3. The van der Waals surface area contributed by atoms with Gasteiger partial charge in [0.1, 0.15) is 0 Å². The van der Waals surface area contributed by atoms with Crippen LogP contribution in [0.3, 0.4) is 0 Å². The zero-order valence-electron chi connectivity index (χ0n) is 27.6. The van der Waals surface area contributed by atoms with Gasteiger partial charge in [-0.15, -0.1) is 0 Å². The molecule has 0 fully saturated rings. The van der Waals surface area contributed by atoms with Crippen molar-refractivity contribution < 1.29 is 39.4 Å². The van der Waals surface area contributed by atoms with Crippen LogP contribution in [-0.2, 0) is 0 Å². The fourth-order valence-electron chi connectivity index (χ4n) is 6.00. The topological polar surface area (TPSA) is 118 Å². The van der Waals surface area contributed by atoms with Gasteiger partial charge >= 0.3 is 0 Å². The molecule has 0 atom stereocenters. The number of rotatable bonds is 14. The van der Waals surface area contributed by atoms with Crippen LogP contribution in [-0.4, -0.2) is 46.9 Å². The molecule has 0 heterocycles. The molecule has 8 heteroatoms. The Morgan fingerprint density at radius 2 is 0.562 bits per heavy atom. The van der Waals surface area contributed by atoms with E-state index in [1.165, 1.54) is 0 Å². The average molecular weight is 651 g/mol. The molecule has 8 nitrogen and oxygen atoms in total.